The van der Waals surface area contributed by atoms with E-state index in [1.807, 2.05) is 18.2 Å². The Morgan fingerprint density at radius 1 is 1.30 bits per heavy atom. The molecule has 1 aliphatic rings. The summed E-state index contributed by atoms with van der Waals surface area (Å²) in [7, 11) is 1.75. The summed E-state index contributed by atoms with van der Waals surface area (Å²) in [5.41, 5.74) is 3.97. The summed E-state index contributed by atoms with van der Waals surface area (Å²) in [5.74, 6) is -0.586. The highest BCUT2D eigenvalue weighted by Gasteiger charge is 2.30. The molecule has 2 aromatic rings. The molecular formula is C15H16N6O2. The Morgan fingerprint density at radius 3 is 2.70 bits per heavy atom. The zero-order chi connectivity index (χ0) is 16.4. The Hall–Kier alpha value is -3.16. The lowest BCUT2D eigenvalue weighted by molar-refractivity contribution is -0.120. The zero-order valence-electron chi connectivity index (χ0n) is 12.7. The number of amidine groups is 1. The minimum Gasteiger partial charge on any atom is -0.317 e. The number of para-hydroxylation sites is 1. The fraction of sp³-hybridized carbons (Fsp3) is 0.200. The molecule has 0 spiro atoms. The molecule has 1 atom stereocenters. The van der Waals surface area contributed by atoms with Crippen molar-refractivity contribution in [3.05, 3.63) is 42.7 Å². The number of nitrogens with zero attached hydrogens (tertiary/aromatic N) is 4. The van der Waals surface area contributed by atoms with Crippen LogP contribution >= 0.6 is 0 Å². The van der Waals surface area contributed by atoms with E-state index in [9.17, 15) is 9.59 Å². The predicted molar refractivity (Wildman–Crippen MR) is 85.8 cm³/mol. The normalized spacial score (nSPS) is 17.5. The van der Waals surface area contributed by atoms with Gasteiger partial charge in [0.05, 0.1) is 17.6 Å². The van der Waals surface area contributed by atoms with Gasteiger partial charge in [0.2, 0.25) is 5.84 Å². The summed E-state index contributed by atoms with van der Waals surface area (Å²) in [6, 6.07) is 8.39. The molecule has 0 radical (unpaired) electrons. The average molecular weight is 312 g/mol. The summed E-state index contributed by atoms with van der Waals surface area (Å²) in [4.78, 5) is 28.7. The fourth-order valence-corrected chi connectivity index (χ4v) is 2.18. The van der Waals surface area contributed by atoms with Gasteiger partial charge in [-0.05, 0) is 19.1 Å². The van der Waals surface area contributed by atoms with Crippen molar-refractivity contribution in [1.82, 2.24) is 15.2 Å². The molecule has 2 amide bonds. The molecule has 0 saturated heterocycles. The summed E-state index contributed by atoms with van der Waals surface area (Å²) in [6.07, 6.45) is 3.20. The lowest BCUT2D eigenvalue weighted by atomic mass is 10.2. The fourth-order valence-electron chi connectivity index (χ4n) is 2.18. The number of benzene rings is 1. The smallest absolute Gasteiger partial charge is 0.292 e. The van der Waals surface area contributed by atoms with Crippen LogP contribution in [0, 0.1) is 0 Å². The Labute approximate surface area is 132 Å². The Bertz CT molecular complexity index is 767. The summed E-state index contributed by atoms with van der Waals surface area (Å²) < 4.78 is 1.58. The molecule has 1 aliphatic heterocycles. The van der Waals surface area contributed by atoms with Crippen molar-refractivity contribution in [3.63, 3.8) is 0 Å². The van der Waals surface area contributed by atoms with E-state index in [1.165, 1.54) is 11.2 Å². The van der Waals surface area contributed by atoms with Crippen molar-refractivity contribution < 1.29 is 9.59 Å². The van der Waals surface area contributed by atoms with E-state index in [-0.39, 0.29) is 11.7 Å². The van der Waals surface area contributed by atoms with Crippen LogP contribution in [-0.2, 0) is 16.6 Å². The highest BCUT2D eigenvalue weighted by Crippen LogP contribution is 2.16. The third kappa shape index (κ3) is 3.05. The molecule has 1 aromatic carbocycles. The SMILES string of the molecule is C[C@@H]1N=C(C(=O)Nc2cnn(C)c2)NN(c2ccccc2)C1=O. The van der Waals surface area contributed by atoms with E-state index in [1.54, 1.807) is 37.0 Å². The van der Waals surface area contributed by atoms with E-state index in [0.29, 0.717) is 11.4 Å². The second kappa shape index (κ2) is 5.91. The van der Waals surface area contributed by atoms with Gasteiger partial charge in [-0.15, -0.1) is 0 Å². The summed E-state index contributed by atoms with van der Waals surface area (Å²) >= 11 is 0. The number of carbonyl (C=O) groups excluding carboxylic acids is 2. The third-order valence-corrected chi connectivity index (χ3v) is 3.31. The van der Waals surface area contributed by atoms with Gasteiger partial charge in [-0.1, -0.05) is 18.2 Å². The molecule has 118 valence electrons. The van der Waals surface area contributed by atoms with Gasteiger partial charge in [0.25, 0.3) is 11.8 Å². The van der Waals surface area contributed by atoms with Crippen molar-refractivity contribution in [3.8, 4) is 0 Å². The van der Waals surface area contributed by atoms with Gasteiger partial charge >= 0.3 is 0 Å². The van der Waals surface area contributed by atoms with Crippen molar-refractivity contribution in [2.24, 2.45) is 12.0 Å². The molecule has 23 heavy (non-hydrogen) atoms. The largest absolute Gasteiger partial charge is 0.317 e. The number of amides is 2. The standard InChI is InChI=1S/C15H16N6O2/c1-10-15(23)21(12-6-4-3-5-7-12)19-13(17-10)14(22)18-11-8-16-20(2)9-11/h3-10H,1-2H3,(H,17,19)(H,18,22)/t10-/m0/s1. The van der Waals surface area contributed by atoms with Crippen LogP contribution in [0.15, 0.2) is 47.7 Å². The maximum atomic E-state index is 12.3. The first-order valence-corrected chi connectivity index (χ1v) is 7.08. The van der Waals surface area contributed by atoms with Gasteiger partial charge in [0, 0.05) is 13.2 Å². The second-order valence-electron chi connectivity index (χ2n) is 5.13. The lowest BCUT2D eigenvalue weighted by Gasteiger charge is -2.30. The first-order valence-electron chi connectivity index (χ1n) is 7.08. The number of hydrogen-bond acceptors (Lipinski definition) is 5. The number of aromatic nitrogens is 2. The molecule has 0 saturated carbocycles. The highest BCUT2D eigenvalue weighted by molar-refractivity contribution is 6.43. The van der Waals surface area contributed by atoms with E-state index in [2.05, 4.69) is 20.8 Å². The van der Waals surface area contributed by atoms with Gasteiger partial charge in [-0.25, -0.2) is 10.0 Å². The molecule has 8 nitrogen and oxygen atoms in total. The van der Waals surface area contributed by atoms with Crippen LogP contribution in [0.4, 0.5) is 11.4 Å². The minimum absolute atomic E-state index is 0.0739. The Balaban J connectivity index is 1.81. The Kier molecular flexibility index (Phi) is 3.80. The van der Waals surface area contributed by atoms with Crippen LogP contribution in [0.2, 0.25) is 0 Å². The number of rotatable bonds is 3. The number of carbonyl (C=O) groups is 2. The van der Waals surface area contributed by atoms with Crippen molar-refractivity contribution in [1.29, 1.82) is 0 Å². The first-order chi connectivity index (χ1) is 11.0. The maximum Gasteiger partial charge on any atom is 0.292 e. The number of nitrogens with one attached hydrogen (secondary N) is 2. The maximum absolute atomic E-state index is 12.3. The number of aryl methyl sites for hydroxylation is 1. The predicted octanol–water partition coefficient (Wildman–Crippen LogP) is 0.697. The van der Waals surface area contributed by atoms with Crippen LogP contribution < -0.4 is 15.8 Å². The highest BCUT2D eigenvalue weighted by atomic mass is 16.2. The summed E-state index contributed by atoms with van der Waals surface area (Å²) in [6.45, 7) is 1.65. The molecule has 0 unspecified atom stereocenters. The van der Waals surface area contributed by atoms with Gasteiger partial charge in [0.1, 0.15) is 6.04 Å². The van der Waals surface area contributed by atoms with Crippen LogP contribution in [0.25, 0.3) is 0 Å². The molecule has 0 aliphatic carbocycles. The van der Waals surface area contributed by atoms with Crippen LogP contribution in [0.3, 0.4) is 0 Å². The molecule has 2 N–H and O–H groups in total. The molecular weight excluding hydrogens is 296 g/mol. The molecule has 1 aromatic heterocycles. The molecule has 2 heterocycles. The van der Waals surface area contributed by atoms with Gasteiger partial charge in [0.15, 0.2) is 0 Å². The minimum atomic E-state index is -0.647. The van der Waals surface area contributed by atoms with Gasteiger partial charge < -0.3 is 5.32 Å². The lowest BCUT2D eigenvalue weighted by Crippen LogP contribution is -2.57. The second-order valence-corrected chi connectivity index (χ2v) is 5.13. The van der Waals surface area contributed by atoms with E-state index in [4.69, 9.17) is 0 Å². The molecule has 0 fully saturated rings. The van der Waals surface area contributed by atoms with E-state index < -0.39 is 11.9 Å². The van der Waals surface area contributed by atoms with Gasteiger partial charge in [-0.3, -0.25) is 19.7 Å². The first kappa shape index (κ1) is 14.8. The van der Waals surface area contributed by atoms with Crippen molar-refractivity contribution >= 4 is 29.0 Å². The van der Waals surface area contributed by atoms with E-state index >= 15 is 0 Å². The molecule has 3 rings (SSSR count). The van der Waals surface area contributed by atoms with Crippen molar-refractivity contribution in [2.75, 3.05) is 10.3 Å². The zero-order valence-corrected chi connectivity index (χ0v) is 12.7. The quantitative estimate of drug-likeness (QED) is 0.872. The van der Waals surface area contributed by atoms with Crippen LogP contribution in [0.1, 0.15) is 6.92 Å². The van der Waals surface area contributed by atoms with Crippen LogP contribution in [0.5, 0.6) is 0 Å². The number of aliphatic imine (C=N–C) groups is 1. The molecule has 8 heteroatoms. The number of anilines is 2. The van der Waals surface area contributed by atoms with Crippen molar-refractivity contribution in [2.45, 2.75) is 13.0 Å². The van der Waals surface area contributed by atoms with Crippen LogP contribution in [-0.4, -0.2) is 33.5 Å². The number of hydrogen-bond donors (Lipinski definition) is 2. The monoisotopic (exact) mass is 312 g/mol. The topological polar surface area (TPSA) is 91.6 Å². The van der Waals surface area contributed by atoms with E-state index in [0.717, 1.165) is 0 Å². The summed E-state index contributed by atoms with van der Waals surface area (Å²) in [5, 5.41) is 8.00. The third-order valence-electron chi connectivity index (χ3n) is 3.31. The number of hydrazine groups is 1. The Morgan fingerprint density at radius 2 is 2.04 bits per heavy atom. The van der Waals surface area contributed by atoms with Gasteiger partial charge in [-0.2, -0.15) is 5.10 Å². The average Bonchev–Trinajstić information content (AvgIpc) is 2.95. The molecule has 0 bridgehead atoms.